The Balaban J connectivity index is 1.29. The van der Waals surface area contributed by atoms with Crippen molar-refractivity contribution in [2.75, 3.05) is 62.0 Å². The number of morpholine rings is 1. The molecule has 206 valence electrons. The van der Waals surface area contributed by atoms with Crippen LogP contribution in [0.3, 0.4) is 0 Å². The minimum absolute atomic E-state index is 0.174. The highest BCUT2D eigenvalue weighted by Gasteiger charge is 2.20. The summed E-state index contributed by atoms with van der Waals surface area (Å²) in [5.74, 6) is 2.45. The molecule has 2 saturated heterocycles. The second-order valence-corrected chi connectivity index (χ2v) is 10.0. The molecule has 0 unspecified atom stereocenters. The van der Waals surface area contributed by atoms with Gasteiger partial charge in [0, 0.05) is 49.3 Å². The molecule has 0 saturated carbocycles. The molecule has 3 aromatic heterocycles. The Morgan fingerprint density at radius 3 is 2.70 bits per heavy atom. The summed E-state index contributed by atoms with van der Waals surface area (Å²) >= 11 is 6.46. The van der Waals surface area contributed by atoms with E-state index < -0.39 is 0 Å². The van der Waals surface area contributed by atoms with E-state index in [0.717, 1.165) is 23.9 Å². The summed E-state index contributed by atoms with van der Waals surface area (Å²) in [6, 6.07) is 11.0. The van der Waals surface area contributed by atoms with Gasteiger partial charge < -0.3 is 30.3 Å². The van der Waals surface area contributed by atoms with Gasteiger partial charge in [-0.3, -0.25) is 9.78 Å². The molecule has 4 aromatic rings. The maximum atomic E-state index is 12.0. The lowest BCUT2D eigenvalue weighted by molar-refractivity contribution is -0.128. The number of rotatable bonds is 8. The number of carbonyl (C=O) groups is 1. The van der Waals surface area contributed by atoms with Crippen molar-refractivity contribution in [1.82, 2.24) is 24.8 Å². The number of halogens is 1. The lowest BCUT2D eigenvalue weighted by Crippen LogP contribution is -2.37. The Labute approximate surface area is 236 Å². The number of fused-ring (bicyclic) bond motifs is 1. The molecule has 12 heteroatoms. The van der Waals surface area contributed by atoms with Gasteiger partial charge in [-0.1, -0.05) is 11.6 Å². The molecule has 2 aliphatic rings. The fourth-order valence-corrected chi connectivity index (χ4v) is 5.03. The highest BCUT2D eigenvalue weighted by atomic mass is 35.5. The largest absolute Gasteiger partial charge is 0.491 e. The monoisotopic (exact) mass is 560 g/mol. The number of nitrogens with one attached hydrogen (secondary N) is 1. The third kappa shape index (κ3) is 5.70. The lowest BCUT2D eigenvalue weighted by atomic mass is 10.2. The van der Waals surface area contributed by atoms with Crippen LogP contribution < -0.4 is 20.7 Å². The van der Waals surface area contributed by atoms with Crippen LogP contribution in [0.1, 0.15) is 12.8 Å². The maximum absolute atomic E-state index is 12.0. The van der Waals surface area contributed by atoms with Gasteiger partial charge in [-0.25, -0.2) is 9.97 Å². The van der Waals surface area contributed by atoms with E-state index in [0.29, 0.717) is 91.1 Å². The number of benzene rings is 1. The van der Waals surface area contributed by atoms with Crippen molar-refractivity contribution in [3.63, 3.8) is 0 Å². The third-order valence-electron chi connectivity index (χ3n) is 6.91. The SMILES string of the molecule is Nc1ccc(-c2cc(Nc3cnc4c(Cl)ccc(OCCN5CCCC5=O)c4c3)nc(N3CCOCC3)n2)cn1. The summed E-state index contributed by atoms with van der Waals surface area (Å²) < 4.78 is 11.6. The maximum Gasteiger partial charge on any atom is 0.228 e. The van der Waals surface area contributed by atoms with Gasteiger partial charge in [0.15, 0.2) is 0 Å². The number of hydrogen-bond acceptors (Lipinski definition) is 10. The van der Waals surface area contributed by atoms with E-state index in [-0.39, 0.29) is 5.91 Å². The van der Waals surface area contributed by atoms with Crippen molar-refractivity contribution in [2.24, 2.45) is 0 Å². The first-order valence-electron chi connectivity index (χ1n) is 13.2. The number of amides is 1. The zero-order chi connectivity index (χ0) is 27.5. The minimum atomic E-state index is 0.174. The summed E-state index contributed by atoms with van der Waals surface area (Å²) in [6.07, 6.45) is 4.91. The highest BCUT2D eigenvalue weighted by Crippen LogP contribution is 2.33. The van der Waals surface area contributed by atoms with E-state index in [9.17, 15) is 4.79 Å². The van der Waals surface area contributed by atoms with Crippen molar-refractivity contribution < 1.29 is 14.3 Å². The average molecular weight is 561 g/mol. The molecular formula is C28H29ClN8O3. The van der Waals surface area contributed by atoms with Gasteiger partial charge in [0.2, 0.25) is 11.9 Å². The van der Waals surface area contributed by atoms with Crippen molar-refractivity contribution >= 4 is 51.7 Å². The number of aromatic nitrogens is 4. The number of anilines is 4. The molecule has 0 radical (unpaired) electrons. The highest BCUT2D eigenvalue weighted by molar-refractivity contribution is 6.35. The van der Waals surface area contributed by atoms with Crippen molar-refractivity contribution in [3.05, 3.63) is 53.8 Å². The van der Waals surface area contributed by atoms with Crippen LogP contribution in [0.2, 0.25) is 5.02 Å². The van der Waals surface area contributed by atoms with E-state index in [1.807, 2.05) is 29.2 Å². The molecule has 0 spiro atoms. The molecule has 0 aliphatic carbocycles. The van der Waals surface area contributed by atoms with E-state index in [1.165, 1.54) is 0 Å². The van der Waals surface area contributed by atoms with Crippen LogP contribution in [0.4, 0.5) is 23.3 Å². The normalized spacial score (nSPS) is 15.6. The first-order chi connectivity index (χ1) is 19.5. The molecular weight excluding hydrogens is 532 g/mol. The Bertz CT molecular complexity index is 1530. The first kappa shape index (κ1) is 26.0. The van der Waals surface area contributed by atoms with Crippen LogP contribution in [-0.2, 0) is 9.53 Å². The molecule has 0 bridgehead atoms. The van der Waals surface area contributed by atoms with E-state index >= 15 is 0 Å². The average Bonchev–Trinajstić information content (AvgIpc) is 3.39. The molecule has 11 nitrogen and oxygen atoms in total. The quantitative estimate of drug-likeness (QED) is 0.327. The fraction of sp³-hybridized carbons (Fsp3) is 0.321. The van der Waals surface area contributed by atoms with Gasteiger partial charge in [-0.15, -0.1) is 0 Å². The number of nitrogen functional groups attached to an aromatic ring is 1. The molecule has 1 amide bonds. The number of ether oxygens (including phenoxy) is 2. The van der Waals surface area contributed by atoms with Crippen molar-refractivity contribution in [3.8, 4) is 17.0 Å². The van der Waals surface area contributed by atoms with E-state index in [2.05, 4.69) is 20.2 Å². The standard InChI is InChI=1S/C28H29ClN8O3/c29-21-4-5-23(40-13-10-36-7-1-2-26(36)38)20-14-19(17-32-27(20)21)33-25-15-22(18-3-6-24(30)31-16-18)34-28(35-25)37-8-11-39-12-9-37/h3-6,14-17H,1-2,7-13H2,(H2,30,31)(H,33,34,35). The van der Waals surface area contributed by atoms with Crippen LogP contribution in [0.5, 0.6) is 5.75 Å². The molecule has 3 N–H and O–H groups in total. The lowest BCUT2D eigenvalue weighted by Gasteiger charge is -2.27. The molecule has 40 heavy (non-hydrogen) atoms. The molecule has 6 rings (SSSR count). The summed E-state index contributed by atoms with van der Waals surface area (Å²) in [5.41, 5.74) is 8.68. The van der Waals surface area contributed by atoms with Gasteiger partial charge in [-0.2, -0.15) is 4.98 Å². The van der Waals surface area contributed by atoms with Gasteiger partial charge >= 0.3 is 0 Å². The molecule has 2 aliphatic heterocycles. The zero-order valence-corrected chi connectivity index (χ0v) is 22.6. The number of hydrogen-bond donors (Lipinski definition) is 2. The Kier molecular flexibility index (Phi) is 7.47. The number of carbonyl (C=O) groups excluding carboxylic acids is 1. The molecule has 2 fully saturated rings. The number of likely N-dealkylation sites (tertiary alicyclic amines) is 1. The Hall–Kier alpha value is -4.22. The van der Waals surface area contributed by atoms with Gasteiger partial charge in [0.05, 0.1) is 47.9 Å². The second kappa shape index (κ2) is 11.5. The number of nitrogens with two attached hydrogens (primary N) is 1. The van der Waals surface area contributed by atoms with Gasteiger partial charge in [0.1, 0.15) is 24.0 Å². The van der Waals surface area contributed by atoms with Crippen LogP contribution in [-0.4, -0.2) is 76.7 Å². The summed E-state index contributed by atoms with van der Waals surface area (Å²) in [4.78, 5) is 34.3. The Morgan fingerprint density at radius 1 is 1.05 bits per heavy atom. The van der Waals surface area contributed by atoms with Crippen molar-refractivity contribution in [1.29, 1.82) is 0 Å². The fourth-order valence-electron chi connectivity index (χ4n) is 4.82. The predicted molar refractivity (Wildman–Crippen MR) is 154 cm³/mol. The van der Waals surface area contributed by atoms with Gasteiger partial charge in [-0.05, 0) is 36.8 Å². The zero-order valence-electron chi connectivity index (χ0n) is 21.8. The van der Waals surface area contributed by atoms with E-state index in [1.54, 1.807) is 24.5 Å². The van der Waals surface area contributed by atoms with Crippen LogP contribution in [0.15, 0.2) is 48.8 Å². The van der Waals surface area contributed by atoms with Crippen LogP contribution in [0.25, 0.3) is 22.2 Å². The second-order valence-electron chi connectivity index (χ2n) is 9.63. The minimum Gasteiger partial charge on any atom is -0.491 e. The number of pyridine rings is 2. The summed E-state index contributed by atoms with van der Waals surface area (Å²) in [7, 11) is 0. The summed E-state index contributed by atoms with van der Waals surface area (Å²) in [6.45, 7) is 4.33. The van der Waals surface area contributed by atoms with Crippen molar-refractivity contribution in [2.45, 2.75) is 12.8 Å². The first-order valence-corrected chi connectivity index (χ1v) is 13.6. The van der Waals surface area contributed by atoms with Crippen LogP contribution in [0, 0.1) is 0 Å². The van der Waals surface area contributed by atoms with Gasteiger partial charge in [0.25, 0.3) is 0 Å². The summed E-state index contributed by atoms with van der Waals surface area (Å²) in [5, 5.41) is 4.67. The number of nitrogens with zero attached hydrogens (tertiary/aromatic N) is 6. The molecule has 1 aromatic carbocycles. The van der Waals surface area contributed by atoms with Crippen LogP contribution >= 0.6 is 11.6 Å². The predicted octanol–water partition coefficient (Wildman–Crippen LogP) is 3.90. The Morgan fingerprint density at radius 2 is 1.93 bits per heavy atom. The topological polar surface area (TPSA) is 132 Å². The molecule has 0 atom stereocenters. The molecule has 5 heterocycles. The smallest absolute Gasteiger partial charge is 0.228 e. The third-order valence-corrected chi connectivity index (χ3v) is 7.22. The van der Waals surface area contributed by atoms with E-state index in [4.69, 9.17) is 36.8 Å².